The second-order valence-corrected chi connectivity index (χ2v) is 4.06. The quantitative estimate of drug-likeness (QED) is 0.784. The van der Waals surface area contributed by atoms with Gasteiger partial charge in [0.25, 0.3) is 0 Å². The van der Waals surface area contributed by atoms with Crippen LogP contribution in [0.2, 0.25) is 0 Å². The van der Waals surface area contributed by atoms with Gasteiger partial charge in [-0.3, -0.25) is 4.98 Å². The molecule has 0 saturated heterocycles. The van der Waals surface area contributed by atoms with E-state index in [9.17, 15) is 4.79 Å². The highest BCUT2D eigenvalue weighted by Crippen LogP contribution is 2.22. The van der Waals surface area contributed by atoms with Gasteiger partial charge in [0.15, 0.2) is 11.5 Å². The van der Waals surface area contributed by atoms with Gasteiger partial charge in [-0.15, -0.1) is 0 Å². The van der Waals surface area contributed by atoms with E-state index in [-0.39, 0.29) is 5.69 Å². The van der Waals surface area contributed by atoms with Crippen LogP contribution in [0.4, 0.5) is 0 Å². The van der Waals surface area contributed by atoms with Crippen LogP contribution < -0.4 is 0 Å². The molecular weight excluding hydrogens is 256 g/mol. The first-order chi connectivity index (χ1) is 9.75. The SMILES string of the molecule is O=C(O)c1cc(-c2ccncc2)n(-c2ccccn2)n1. The van der Waals surface area contributed by atoms with Crippen LogP contribution in [0, 0.1) is 0 Å². The zero-order chi connectivity index (χ0) is 13.9. The number of pyridine rings is 2. The molecule has 0 aliphatic heterocycles. The number of nitrogens with zero attached hydrogens (tertiary/aromatic N) is 4. The van der Waals surface area contributed by atoms with Crippen molar-refractivity contribution >= 4 is 5.97 Å². The first kappa shape index (κ1) is 12.0. The Hall–Kier alpha value is -3.02. The molecule has 0 unspecified atom stereocenters. The van der Waals surface area contributed by atoms with Crippen molar-refractivity contribution in [3.8, 4) is 17.1 Å². The van der Waals surface area contributed by atoms with Crippen LogP contribution in [-0.4, -0.2) is 30.8 Å². The monoisotopic (exact) mass is 266 g/mol. The normalized spacial score (nSPS) is 10.4. The summed E-state index contributed by atoms with van der Waals surface area (Å²) in [6.07, 6.45) is 4.92. The van der Waals surface area contributed by atoms with Gasteiger partial charge in [-0.1, -0.05) is 6.07 Å². The molecule has 0 radical (unpaired) electrons. The van der Waals surface area contributed by atoms with Gasteiger partial charge in [0.1, 0.15) is 0 Å². The van der Waals surface area contributed by atoms with Crippen LogP contribution in [0.15, 0.2) is 55.0 Å². The summed E-state index contributed by atoms with van der Waals surface area (Å²) in [4.78, 5) is 19.3. The lowest BCUT2D eigenvalue weighted by atomic mass is 10.2. The van der Waals surface area contributed by atoms with E-state index >= 15 is 0 Å². The fraction of sp³-hybridized carbons (Fsp3) is 0. The molecule has 98 valence electrons. The Morgan fingerprint density at radius 3 is 2.55 bits per heavy atom. The third kappa shape index (κ3) is 2.14. The highest BCUT2D eigenvalue weighted by Gasteiger charge is 2.16. The second-order valence-electron chi connectivity index (χ2n) is 4.06. The van der Waals surface area contributed by atoms with E-state index < -0.39 is 5.97 Å². The van der Waals surface area contributed by atoms with Gasteiger partial charge in [-0.2, -0.15) is 5.10 Å². The highest BCUT2D eigenvalue weighted by molar-refractivity contribution is 5.87. The Bertz CT molecular complexity index is 681. The fourth-order valence-electron chi connectivity index (χ4n) is 1.87. The number of aromatic nitrogens is 4. The minimum Gasteiger partial charge on any atom is -0.476 e. The second kappa shape index (κ2) is 4.93. The Labute approximate surface area is 114 Å². The summed E-state index contributed by atoms with van der Waals surface area (Å²) in [5.74, 6) is -0.512. The van der Waals surface area contributed by atoms with Gasteiger partial charge in [0, 0.05) is 24.2 Å². The molecular formula is C14H10N4O2. The van der Waals surface area contributed by atoms with Gasteiger partial charge in [0.05, 0.1) is 5.69 Å². The van der Waals surface area contributed by atoms with Crippen molar-refractivity contribution in [2.45, 2.75) is 0 Å². The summed E-state index contributed by atoms with van der Waals surface area (Å²) in [5, 5.41) is 13.2. The number of carboxylic acid groups (broad SMARTS) is 1. The lowest BCUT2D eigenvalue weighted by Gasteiger charge is -2.05. The molecule has 0 aliphatic rings. The zero-order valence-electron chi connectivity index (χ0n) is 10.3. The van der Waals surface area contributed by atoms with Crippen molar-refractivity contribution in [3.05, 3.63) is 60.7 Å². The molecule has 6 nitrogen and oxygen atoms in total. The molecule has 0 saturated carbocycles. The number of carboxylic acids is 1. The molecule has 0 amide bonds. The maximum Gasteiger partial charge on any atom is 0.356 e. The summed E-state index contributed by atoms with van der Waals surface area (Å²) < 4.78 is 1.51. The molecule has 3 rings (SSSR count). The van der Waals surface area contributed by atoms with Crippen LogP contribution >= 0.6 is 0 Å². The third-order valence-electron chi connectivity index (χ3n) is 2.77. The fourth-order valence-corrected chi connectivity index (χ4v) is 1.87. The highest BCUT2D eigenvalue weighted by atomic mass is 16.4. The maximum atomic E-state index is 11.1. The van der Waals surface area contributed by atoms with Crippen LogP contribution in [0.1, 0.15) is 10.5 Å². The van der Waals surface area contributed by atoms with E-state index in [0.29, 0.717) is 11.5 Å². The molecule has 0 aliphatic carbocycles. The van der Waals surface area contributed by atoms with Crippen molar-refractivity contribution in [1.29, 1.82) is 0 Å². The average Bonchev–Trinajstić information content (AvgIpc) is 2.94. The smallest absolute Gasteiger partial charge is 0.356 e. The predicted molar refractivity (Wildman–Crippen MR) is 71.5 cm³/mol. The summed E-state index contributed by atoms with van der Waals surface area (Å²) in [6, 6.07) is 10.5. The zero-order valence-corrected chi connectivity index (χ0v) is 10.3. The molecule has 0 atom stereocenters. The molecule has 3 aromatic rings. The van der Waals surface area contributed by atoms with Crippen molar-refractivity contribution < 1.29 is 9.90 Å². The summed E-state index contributed by atoms with van der Waals surface area (Å²) >= 11 is 0. The van der Waals surface area contributed by atoms with Crippen molar-refractivity contribution in [2.24, 2.45) is 0 Å². The van der Waals surface area contributed by atoms with E-state index in [2.05, 4.69) is 15.1 Å². The number of aromatic carboxylic acids is 1. The number of rotatable bonds is 3. The van der Waals surface area contributed by atoms with Gasteiger partial charge in [-0.05, 0) is 30.3 Å². The number of hydrogen-bond donors (Lipinski definition) is 1. The van der Waals surface area contributed by atoms with Crippen LogP contribution in [0.25, 0.3) is 17.1 Å². The van der Waals surface area contributed by atoms with E-state index in [1.807, 2.05) is 6.07 Å². The molecule has 20 heavy (non-hydrogen) atoms. The van der Waals surface area contributed by atoms with Gasteiger partial charge < -0.3 is 5.11 Å². The lowest BCUT2D eigenvalue weighted by Crippen LogP contribution is -2.03. The molecule has 3 aromatic heterocycles. The molecule has 3 heterocycles. The lowest BCUT2D eigenvalue weighted by molar-refractivity contribution is 0.0690. The first-order valence-electron chi connectivity index (χ1n) is 5.91. The Morgan fingerprint density at radius 2 is 1.90 bits per heavy atom. The minimum absolute atomic E-state index is 0.0255. The molecule has 0 spiro atoms. The predicted octanol–water partition coefficient (Wildman–Crippen LogP) is 2.03. The molecule has 0 fully saturated rings. The standard InChI is InChI=1S/C14H10N4O2/c19-14(20)11-9-12(10-4-7-15-8-5-10)18(17-11)13-3-1-2-6-16-13/h1-9H,(H,19,20). The van der Waals surface area contributed by atoms with E-state index in [1.54, 1.807) is 42.9 Å². The van der Waals surface area contributed by atoms with Crippen LogP contribution in [0.5, 0.6) is 0 Å². The van der Waals surface area contributed by atoms with Crippen molar-refractivity contribution in [2.75, 3.05) is 0 Å². The van der Waals surface area contributed by atoms with Gasteiger partial charge in [-0.25, -0.2) is 14.5 Å². The van der Waals surface area contributed by atoms with Crippen LogP contribution in [-0.2, 0) is 0 Å². The van der Waals surface area contributed by atoms with Gasteiger partial charge >= 0.3 is 5.97 Å². The molecule has 0 bridgehead atoms. The molecule has 0 aromatic carbocycles. The topological polar surface area (TPSA) is 80.9 Å². The summed E-state index contributed by atoms with van der Waals surface area (Å²) in [7, 11) is 0. The third-order valence-corrected chi connectivity index (χ3v) is 2.77. The van der Waals surface area contributed by atoms with Gasteiger partial charge in [0.2, 0.25) is 0 Å². The average molecular weight is 266 g/mol. The minimum atomic E-state index is -1.07. The molecule has 1 N–H and O–H groups in total. The van der Waals surface area contributed by atoms with E-state index in [4.69, 9.17) is 5.11 Å². The van der Waals surface area contributed by atoms with Crippen LogP contribution in [0.3, 0.4) is 0 Å². The van der Waals surface area contributed by atoms with E-state index in [1.165, 1.54) is 10.7 Å². The first-order valence-corrected chi connectivity index (χ1v) is 5.91. The number of hydrogen-bond acceptors (Lipinski definition) is 4. The molecule has 6 heteroatoms. The number of carbonyl (C=O) groups is 1. The Morgan fingerprint density at radius 1 is 1.10 bits per heavy atom. The van der Waals surface area contributed by atoms with E-state index in [0.717, 1.165) is 5.56 Å². The summed E-state index contributed by atoms with van der Waals surface area (Å²) in [5.41, 5.74) is 1.46. The maximum absolute atomic E-state index is 11.1. The summed E-state index contributed by atoms with van der Waals surface area (Å²) in [6.45, 7) is 0. The Kier molecular flexibility index (Phi) is 2.96. The largest absolute Gasteiger partial charge is 0.476 e. The van der Waals surface area contributed by atoms with Crippen molar-refractivity contribution in [3.63, 3.8) is 0 Å². The van der Waals surface area contributed by atoms with Crippen molar-refractivity contribution in [1.82, 2.24) is 19.7 Å². The Balaban J connectivity index is 2.20.